The summed E-state index contributed by atoms with van der Waals surface area (Å²) >= 11 is 1.15. The van der Waals surface area contributed by atoms with Crippen LogP contribution < -0.4 is 5.56 Å². The van der Waals surface area contributed by atoms with Crippen LogP contribution in [0.25, 0.3) is 10.9 Å². The molecule has 26 heavy (non-hydrogen) atoms. The maximum absolute atomic E-state index is 12.1. The van der Waals surface area contributed by atoms with Gasteiger partial charge in [-0.3, -0.25) is 14.4 Å². The molecule has 3 rings (SSSR count). The lowest BCUT2D eigenvalue weighted by molar-refractivity contribution is -0.145. The van der Waals surface area contributed by atoms with Gasteiger partial charge < -0.3 is 19.4 Å². The van der Waals surface area contributed by atoms with E-state index in [1.54, 1.807) is 0 Å². The number of carbonyl (C=O) groups is 3. The van der Waals surface area contributed by atoms with Gasteiger partial charge in [-0.2, -0.15) is 0 Å². The SMILES string of the molecule is COC(=O)c1ccc2c(=O)[nH]c(COC(=O)CN3CCSC3=O)nc2c1. The lowest BCUT2D eigenvalue weighted by atomic mass is 10.1. The van der Waals surface area contributed by atoms with Crippen molar-refractivity contribution in [2.75, 3.05) is 26.0 Å². The van der Waals surface area contributed by atoms with Crippen molar-refractivity contribution in [3.05, 3.63) is 39.9 Å². The van der Waals surface area contributed by atoms with Gasteiger partial charge in [-0.1, -0.05) is 11.8 Å². The summed E-state index contributed by atoms with van der Waals surface area (Å²) in [6.45, 7) is 0.109. The highest BCUT2D eigenvalue weighted by molar-refractivity contribution is 8.13. The Morgan fingerprint density at radius 3 is 2.85 bits per heavy atom. The van der Waals surface area contributed by atoms with Crippen molar-refractivity contribution in [2.45, 2.75) is 6.61 Å². The molecule has 0 bridgehead atoms. The smallest absolute Gasteiger partial charge is 0.337 e. The highest BCUT2D eigenvalue weighted by Crippen LogP contribution is 2.17. The number of amides is 1. The van der Waals surface area contributed by atoms with Gasteiger partial charge in [0, 0.05) is 12.3 Å². The fourth-order valence-electron chi connectivity index (χ4n) is 2.42. The number of thioether (sulfide) groups is 1. The van der Waals surface area contributed by atoms with E-state index in [2.05, 4.69) is 14.7 Å². The largest absolute Gasteiger partial charge is 0.465 e. The summed E-state index contributed by atoms with van der Waals surface area (Å²) in [6, 6.07) is 4.37. The highest BCUT2D eigenvalue weighted by atomic mass is 32.2. The van der Waals surface area contributed by atoms with Crippen molar-refractivity contribution in [1.82, 2.24) is 14.9 Å². The van der Waals surface area contributed by atoms with Gasteiger partial charge in [-0.25, -0.2) is 9.78 Å². The van der Waals surface area contributed by atoms with Gasteiger partial charge >= 0.3 is 11.9 Å². The fraction of sp³-hybridized carbons (Fsp3) is 0.312. The number of hydrogen-bond acceptors (Lipinski definition) is 8. The Morgan fingerprint density at radius 1 is 1.35 bits per heavy atom. The van der Waals surface area contributed by atoms with Crippen molar-refractivity contribution in [3.8, 4) is 0 Å². The van der Waals surface area contributed by atoms with E-state index >= 15 is 0 Å². The zero-order valence-corrected chi connectivity index (χ0v) is 14.6. The topological polar surface area (TPSA) is 119 Å². The highest BCUT2D eigenvalue weighted by Gasteiger charge is 2.24. The minimum Gasteiger partial charge on any atom is -0.465 e. The van der Waals surface area contributed by atoms with Crippen LogP contribution in [-0.2, 0) is 20.9 Å². The first-order chi connectivity index (χ1) is 12.5. The average molecular weight is 377 g/mol. The molecule has 1 amide bonds. The molecule has 1 aliphatic rings. The monoisotopic (exact) mass is 377 g/mol. The van der Waals surface area contributed by atoms with Crippen molar-refractivity contribution in [2.24, 2.45) is 0 Å². The van der Waals surface area contributed by atoms with E-state index < -0.39 is 17.5 Å². The van der Waals surface area contributed by atoms with E-state index in [9.17, 15) is 19.2 Å². The van der Waals surface area contributed by atoms with Gasteiger partial charge in [0.25, 0.3) is 10.8 Å². The fourth-order valence-corrected chi connectivity index (χ4v) is 3.25. The van der Waals surface area contributed by atoms with E-state index in [1.807, 2.05) is 0 Å². The van der Waals surface area contributed by atoms with Gasteiger partial charge in [-0.15, -0.1) is 0 Å². The van der Waals surface area contributed by atoms with Crippen LogP contribution in [0.5, 0.6) is 0 Å². The number of esters is 2. The zero-order chi connectivity index (χ0) is 18.7. The molecule has 0 radical (unpaired) electrons. The second-order valence-corrected chi connectivity index (χ2v) is 6.48. The summed E-state index contributed by atoms with van der Waals surface area (Å²) in [5.74, 6) is -0.351. The van der Waals surface area contributed by atoms with Crippen molar-refractivity contribution >= 4 is 39.8 Å². The van der Waals surface area contributed by atoms with E-state index in [-0.39, 0.29) is 35.3 Å². The van der Waals surface area contributed by atoms with Crippen LogP contribution in [0.3, 0.4) is 0 Å². The second-order valence-electron chi connectivity index (χ2n) is 5.43. The number of fused-ring (bicyclic) bond motifs is 1. The number of rotatable bonds is 5. The number of nitrogens with zero attached hydrogens (tertiary/aromatic N) is 2. The van der Waals surface area contributed by atoms with E-state index in [1.165, 1.54) is 30.2 Å². The standard InChI is InChI=1S/C16H15N3O6S/c1-24-15(22)9-2-3-10-11(6-9)17-12(18-14(10)21)8-25-13(20)7-19-4-5-26-16(19)23/h2-3,6H,4-5,7-8H2,1H3,(H,17,18,21). The zero-order valence-electron chi connectivity index (χ0n) is 13.8. The number of aromatic nitrogens is 2. The first-order valence-corrected chi connectivity index (χ1v) is 8.65. The Hall–Kier alpha value is -2.88. The molecule has 2 heterocycles. The Kier molecular flexibility index (Phi) is 5.21. The number of benzene rings is 1. The van der Waals surface area contributed by atoms with Gasteiger partial charge in [0.15, 0.2) is 0 Å². The van der Waals surface area contributed by atoms with Crippen LogP contribution in [-0.4, -0.2) is 58.0 Å². The molecule has 0 atom stereocenters. The summed E-state index contributed by atoms with van der Waals surface area (Å²) in [7, 11) is 1.26. The number of carbonyl (C=O) groups excluding carboxylic acids is 3. The molecule has 0 saturated carbocycles. The van der Waals surface area contributed by atoms with Crippen molar-refractivity contribution in [3.63, 3.8) is 0 Å². The summed E-state index contributed by atoms with van der Waals surface area (Å²) in [6.07, 6.45) is 0. The third-order valence-electron chi connectivity index (χ3n) is 3.71. The third-order valence-corrected chi connectivity index (χ3v) is 4.60. The Bertz CT molecular complexity index is 941. The molecule has 1 N–H and O–H groups in total. The van der Waals surface area contributed by atoms with Gasteiger partial charge in [0.05, 0.1) is 23.6 Å². The molecular formula is C16H15N3O6S. The summed E-state index contributed by atoms with van der Waals surface area (Å²) < 4.78 is 9.72. The number of ether oxygens (including phenoxy) is 2. The van der Waals surface area contributed by atoms with Gasteiger partial charge in [-0.05, 0) is 18.2 Å². The van der Waals surface area contributed by atoms with E-state index in [0.29, 0.717) is 17.7 Å². The summed E-state index contributed by atoms with van der Waals surface area (Å²) in [5, 5.41) is 0.141. The molecule has 1 aromatic heterocycles. The molecular weight excluding hydrogens is 362 g/mol. The molecule has 1 aliphatic heterocycles. The predicted molar refractivity (Wildman–Crippen MR) is 92.9 cm³/mol. The first kappa shape index (κ1) is 17.9. The lowest BCUT2D eigenvalue weighted by Gasteiger charge is -2.13. The second kappa shape index (κ2) is 7.56. The van der Waals surface area contributed by atoms with Crippen molar-refractivity contribution < 1.29 is 23.9 Å². The number of aromatic amines is 1. The quantitative estimate of drug-likeness (QED) is 0.764. The Morgan fingerprint density at radius 2 is 2.15 bits per heavy atom. The number of H-pyrrole nitrogens is 1. The predicted octanol–water partition coefficient (Wildman–Crippen LogP) is 0.922. The van der Waals surface area contributed by atoms with Crippen molar-refractivity contribution in [1.29, 1.82) is 0 Å². The maximum Gasteiger partial charge on any atom is 0.337 e. The van der Waals surface area contributed by atoms with Gasteiger partial charge in [0.2, 0.25) is 0 Å². The van der Waals surface area contributed by atoms with Crippen LogP contribution in [0.4, 0.5) is 4.79 Å². The molecule has 1 aromatic carbocycles. The van der Waals surface area contributed by atoms with Crippen LogP contribution in [0.15, 0.2) is 23.0 Å². The normalized spacial score (nSPS) is 13.9. The molecule has 10 heteroatoms. The minimum absolute atomic E-state index is 0.139. The molecule has 9 nitrogen and oxygen atoms in total. The number of methoxy groups -OCH3 is 1. The third kappa shape index (κ3) is 3.85. The van der Waals surface area contributed by atoms with Crippen LogP contribution >= 0.6 is 11.8 Å². The number of hydrogen-bond donors (Lipinski definition) is 1. The number of nitrogens with one attached hydrogen (secondary N) is 1. The van der Waals surface area contributed by atoms with Crippen LogP contribution in [0.1, 0.15) is 16.2 Å². The summed E-state index contributed by atoms with van der Waals surface area (Å²) in [4.78, 5) is 55.1. The average Bonchev–Trinajstić information content (AvgIpc) is 3.03. The molecule has 136 valence electrons. The van der Waals surface area contributed by atoms with Gasteiger partial charge in [0.1, 0.15) is 19.0 Å². The van der Waals surface area contributed by atoms with Crippen LogP contribution in [0.2, 0.25) is 0 Å². The summed E-state index contributed by atoms with van der Waals surface area (Å²) in [5.41, 5.74) is 0.128. The van der Waals surface area contributed by atoms with E-state index in [0.717, 1.165) is 11.8 Å². The minimum atomic E-state index is -0.591. The molecule has 0 unspecified atom stereocenters. The Labute approximate surface area is 151 Å². The maximum atomic E-state index is 12.1. The molecule has 0 aliphatic carbocycles. The molecule has 0 spiro atoms. The first-order valence-electron chi connectivity index (χ1n) is 7.66. The Balaban J connectivity index is 1.73. The van der Waals surface area contributed by atoms with Crippen LogP contribution in [0, 0.1) is 0 Å². The molecule has 2 aromatic rings. The van der Waals surface area contributed by atoms with E-state index in [4.69, 9.17) is 4.74 Å². The molecule has 1 saturated heterocycles. The molecule has 1 fully saturated rings. The lowest BCUT2D eigenvalue weighted by Crippen LogP contribution is -2.31.